The zero-order valence-corrected chi connectivity index (χ0v) is 14.5. The van der Waals surface area contributed by atoms with Crippen LogP contribution in [0.15, 0.2) is 47.8 Å². The topological polar surface area (TPSA) is 126 Å². The lowest BCUT2D eigenvalue weighted by atomic mass is 10.2. The molecule has 134 valence electrons. The van der Waals surface area contributed by atoms with E-state index in [9.17, 15) is 13.2 Å². The quantitative estimate of drug-likeness (QED) is 0.472. The van der Waals surface area contributed by atoms with Gasteiger partial charge >= 0.3 is 16.1 Å². The summed E-state index contributed by atoms with van der Waals surface area (Å²) >= 11 is 0. The van der Waals surface area contributed by atoms with E-state index in [2.05, 4.69) is 25.2 Å². The number of hydrogen-bond donors (Lipinski definition) is 0. The fourth-order valence-electron chi connectivity index (χ4n) is 2.10. The van der Waals surface area contributed by atoms with E-state index < -0.39 is 16.1 Å². The van der Waals surface area contributed by atoms with Crippen molar-refractivity contribution in [3.05, 3.63) is 54.1 Å². The minimum absolute atomic E-state index is 0.0413. The van der Waals surface area contributed by atoms with Crippen LogP contribution in [0.4, 0.5) is 0 Å². The van der Waals surface area contributed by atoms with Gasteiger partial charge in [-0.05, 0) is 35.5 Å². The van der Waals surface area contributed by atoms with Crippen molar-refractivity contribution in [1.29, 1.82) is 0 Å². The highest BCUT2D eigenvalue weighted by Crippen LogP contribution is 2.22. The molecule has 0 unspecified atom stereocenters. The Bertz CT molecular complexity index is 1050. The van der Waals surface area contributed by atoms with Gasteiger partial charge in [0, 0.05) is 12.3 Å². The number of esters is 1. The van der Waals surface area contributed by atoms with Crippen molar-refractivity contribution < 1.29 is 22.1 Å². The van der Waals surface area contributed by atoms with Crippen molar-refractivity contribution in [3.8, 4) is 11.4 Å². The number of carbonyl (C=O) groups excluding carboxylic acids is 1. The van der Waals surface area contributed by atoms with Crippen LogP contribution in [0.1, 0.15) is 16.1 Å². The van der Waals surface area contributed by atoms with Crippen LogP contribution in [-0.4, -0.2) is 46.7 Å². The van der Waals surface area contributed by atoms with E-state index in [1.165, 1.54) is 30.3 Å². The van der Waals surface area contributed by atoms with Crippen LogP contribution < -0.4 is 4.18 Å². The second-order valence-electron chi connectivity index (χ2n) is 5.08. The molecule has 1 aromatic carbocycles. The van der Waals surface area contributed by atoms with Crippen LogP contribution in [0.3, 0.4) is 0 Å². The first-order chi connectivity index (χ1) is 12.4. The van der Waals surface area contributed by atoms with Gasteiger partial charge in [0.2, 0.25) is 0 Å². The summed E-state index contributed by atoms with van der Waals surface area (Å²) in [6, 6.07) is 7.35. The highest BCUT2D eigenvalue weighted by molar-refractivity contribution is 7.87. The van der Waals surface area contributed by atoms with E-state index in [4.69, 9.17) is 4.18 Å². The van der Waals surface area contributed by atoms with Crippen molar-refractivity contribution in [2.24, 2.45) is 0 Å². The summed E-state index contributed by atoms with van der Waals surface area (Å²) in [7, 11) is -3.01. The van der Waals surface area contributed by atoms with Crippen LogP contribution in [0.2, 0.25) is 0 Å². The Labute approximate surface area is 148 Å². The third-order valence-electron chi connectivity index (χ3n) is 3.39. The molecular weight excluding hydrogens is 362 g/mol. The number of tetrazole rings is 1. The van der Waals surface area contributed by atoms with Crippen LogP contribution in [0, 0.1) is 6.92 Å². The average Bonchev–Trinajstić information content (AvgIpc) is 3.16. The number of pyridine rings is 1. The molecule has 3 aromatic rings. The van der Waals surface area contributed by atoms with Crippen LogP contribution >= 0.6 is 0 Å². The Hall–Kier alpha value is -3.34. The number of hydrogen-bond acceptors (Lipinski definition) is 9. The molecule has 3 rings (SSSR count). The SMILES string of the molecule is COC(=O)c1cc(S(=O)(=O)Oc2cccc(-n3cnnn3)c2)cnc1C. The normalized spacial score (nSPS) is 11.2. The first-order valence-electron chi connectivity index (χ1n) is 7.23. The Morgan fingerprint density at radius 3 is 2.73 bits per heavy atom. The van der Waals surface area contributed by atoms with E-state index in [0.717, 1.165) is 12.3 Å². The molecule has 0 bridgehead atoms. The molecule has 0 aliphatic rings. The average molecular weight is 375 g/mol. The Kier molecular flexibility index (Phi) is 4.63. The lowest BCUT2D eigenvalue weighted by molar-refractivity contribution is 0.0599. The maximum atomic E-state index is 12.5. The van der Waals surface area contributed by atoms with Gasteiger partial charge in [-0.15, -0.1) is 5.10 Å². The highest BCUT2D eigenvalue weighted by Gasteiger charge is 2.21. The largest absolute Gasteiger partial charge is 0.465 e. The maximum Gasteiger partial charge on any atom is 0.340 e. The van der Waals surface area contributed by atoms with Crippen LogP contribution in [0.25, 0.3) is 5.69 Å². The zero-order chi connectivity index (χ0) is 18.7. The summed E-state index contributed by atoms with van der Waals surface area (Å²) in [4.78, 5) is 15.4. The molecule has 0 atom stereocenters. The van der Waals surface area contributed by atoms with E-state index >= 15 is 0 Å². The number of benzene rings is 1. The number of rotatable bonds is 5. The molecule has 10 nitrogen and oxygen atoms in total. The summed E-state index contributed by atoms with van der Waals surface area (Å²) in [6.45, 7) is 1.57. The molecule has 0 saturated heterocycles. The first-order valence-corrected chi connectivity index (χ1v) is 8.64. The number of methoxy groups -OCH3 is 1. The van der Waals surface area contributed by atoms with Crippen molar-refractivity contribution in [2.45, 2.75) is 11.8 Å². The van der Waals surface area contributed by atoms with Gasteiger partial charge in [-0.1, -0.05) is 6.07 Å². The van der Waals surface area contributed by atoms with Crippen LogP contribution in [-0.2, 0) is 14.9 Å². The van der Waals surface area contributed by atoms with Gasteiger partial charge in [0.1, 0.15) is 17.0 Å². The van der Waals surface area contributed by atoms with Gasteiger partial charge in [-0.25, -0.2) is 9.48 Å². The third-order valence-corrected chi connectivity index (χ3v) is 4.61. The van der Waals surface area contributed by atoms with Gasteiger partial charge in [0.05, 0.1) is 24.1 Å². The predicted molar refractivity (Wildman–Crippen MR) is 87.3 cm³/mol. The third kappa shape index (κ3) is 3.52. The molecule has 0 aliphatic heterocycles. The summed E-state index contributed by atoms with van der Waals surface area (Å²) < 4.78 is 36.1. The van der Waals surface area contributed by atoms with E-state index in [-0.39, 0.29) is 16.2 Å². The molecule has 11 heteroatoms. The molecule has 0 saturated carbocycles. The van der Waals surface area contributed by atoms with Crippen molar-refractivity contribution in [2.75, 3.05) is 7.11 Å². The molecular formula is C15H13N5O5S. The van der Waals surface area contributed by atoms with Crippen LogP contribution in [0.5, 0.6) is 5.75 Å². The van der Waals surface area contributed by atoms with Crippen molar-refractivity contribution >= 4 is 16.1 Å². The minimum atomic E-state index is -4.21. The Morgan fingerprint density at radius 2 is 2.04 bits per heavy atom. The Morgan fingerprint density at radius 1 is 1.23 bits per heavy atom. The van der Waals surface area contributed by atoms with Gasteiger partial charge < -0.3 is 8.92 Å². The molecule has 2 heterocycles. The van der Waals surface area contributed by atoms with Gasteiger partial charge in [-0.2, -0.15) is 8.42 Å². The van der Waals surface area contributed by atoms with Gasteiger partial charge in [0.15, 0.2) is 0 Å². The van der Waals surface area contributed by atoms with E-state index in [0.29, 0.717) is 11.4 Å². The number of aryl methyl sites for hydroxylation is 1. The summed E-state index contributed by atoms with van der Waals surface area (Å²) in [5, 5.41) is 10.7. The van der Waals surface area contributed by atoms with Crippen molar-refractivity contribution in [3.63, 3.8) is 0 Å². The number of ether oxygens (including phenoxy) is 1. The number of carbonyl (C=O) groups is 1. The second-order valence-corrected chi connectivity index (χ2v) is 6.63. The molecule has 0 spiro atoms. The van der Waals surface area contributed by atoms with Crippen molar-refractivity contribution in [1.82, 2.24) is 25.2 Å². The van der Waals surface area contributed by atoms with Gasteiger partial charge in [-0.3, -0.25) is 4.98 Å². The lowest BCUT2D eigenvalue weighted by Crippen LogP contribution is -2.13. The summed E-state index contributed by atoms with van der Waals surface area (Å²) in [5.74, 6) is -0.633. The minimum Gasteiger partial charge on any atom is -0.465 e. The van der Waals surface area contributed by atoms with Gasteiger partial charge in [0.25, 0.3) is 0 Å². The standard InChI is InChI=1S/C15H13N5O5S/c1-10-14(15(21)24-2)7-13(8-16-10)26(22,23)25-12-5-3-4-11(6-12)20-9-17-18-19-20/h3-9H,1-2H3. The molecule has 0 radical (unpaired) electrons. The molecule has 2 aromatic heterocycles. The molecule has 0 fully saturated rings. The number of nitrogens with zero attached hydrogens (tertiary/aromatic N) is 5. The summed E-state index contributed by atoms with van der Waals surface area (Å²) in [6.07, 6.45) is 2.47. The fourth-order valence-corrected chi connectivity index (χ4v) is 3.00. The smallest absolute Gasteiger partial charge is 0.340 e. The summed E-state index contributed by atoms with van der Waals surface area (Å²) in [5.41, 5.74) is 0.899. The first kappa shape index (κ1) is 17.5. The maximum absolute atomic E-state index is 12.5. The highest BCUT2D eigenvalue weighted by atomic mass is 32.2. The fraction of sp³-hybridized carbons (Fsp3) is 0.133. The van der Waals surface area contributed by atoms with E-state index in [1.807, 2.05) is 0 Å². The molecule has 0 aliphatic carbocycles. The van der Waals surface area contributed by atoms with E-state index in [1.54, 1.807) is 19.1 Å². The molecule has 0 amide bonds. The molecule has 26 heavy (non-hydrogen) atoms. The second kappa shape index (κ2) is 6.88. The Balaban J connectivity index is 1.93. The lowest BCUT2D eigenvalue weighted by Gasteiger charge is -2.10. The molecule has 0 N–H and O–H groups in total. The number of aromatic nitrogens is 5. The zero-order valence-electron chi connectivity index (χ0n) is 13.7. The predicted octanol–water partition coefficient (Wildman–Crippen LogP) is 0.920. The monoisotopic (exact) mass is 375 g/mol.